The molecule has 0 aromatic heterocycles. The van der Waals surface area contributed by atoms with Crippen molar-refractivity contribution in [1.29, 1.82) is 0 Å². The first-order valence-corrected chi connectivity index (χ1v) is 37.1. The first kappa shape index (κ1) is 79.3. The van der Waals surface area contributed by atoms with E-state index >= 15 is 0 Å². The van der Waals surface area contributed by atoms with Gasteiger partial charge in [0.2, 0.25) is 5.91 Å². The zero-order chi connectivity index (χ0) is 58.5. The van der Waals surface area contributed by atoms with Gasteiger partial charge in [0.1, 0.15) is 0 Å². The summed E-state index contributed by atoms with van der Waals surface area (Å²) in [5.41, 5.74) is 0. The van der Waals surface area contributed by atoms with Crippen LogP contribution < -0.4 is 5.32 Å². The number of carbonyl (C=O) groups is 2. The van der Waals surface area contributed by atoms with Gasteiger partial charge in [-0.2, -0.15) is 0 Å². The molecule has 480 valence electrons. The van der Waals surface area contributed by atoms with Crippen molar-refractivity contribution < 1.29 is 24.5 Å². The van der Waals surface area contributed by atoms with Gasteiger partial charge in [-0.05, 0) is 57.8 Å². The van der Waals surface area contributed by atoms with Gasteiger partial charge in [0, 0.05) is 12.8 Å². The molecule has 0 aromatic carbocycles. The molecule has 0 rings (SSSR count). The second-order valence-electron chi connectivity index (χ2n) is 25.6. The third-order valence-electron chi connectivity index (χ3n) is 17.5. The van der Waals surface area contributed by atoms with E-state index in [0.29, 0.717) is 19.4 Å². The Morgan fingerprint density at radius 3 is 0.877 bits per heavy atom. The molecule has 0 saturated carbocycles. The van der Waals surface area contributed by atoms with Gasteiger partial charge < -0.3 is 20.3 Å². The highest BCUT2D eigenvalue weighted by atomic mass is 16.5. The number of aliphatic hydroxyl groups is 2. The van der Waals surface area contributed by atoms with Gasteiger partial charge in [-0.25, -0.2) is 0 Å². The van der Waals surface area contributed by atoms with Crippen LogP contribution in [-0.4, -0.2) is 47.4 Å². The fourth-order valence-corrected chi connectivity index (χ4v) is 11.8. The molecule has 6 heteroatoms. The summed E-state index contributed by atoms with van der Waals surface area (Å²) < 4.78 is 5.51. The summed E-state index contributed by atoms with van der Waals surface area (Å²) in [5.74, 6) is -0.0423. The number of amides is 1. The van der Waals surface area contributed by atoms with Gasteiger partial charge in [0.05, 0.1) is 25.4 Å². The van der Waals surface area contributed by atoms with Crippen LogP contribution in [-0.2, 0) is 14.3 Å². The molecule has 2 atom stereocenters. The maximum absolute atomic E-state index is 12.5. The second kappa shape index (κ2) is 70.8. The molecule has 0 radical (unpaired) electrons. The van der Waals surface area contributed by atoms with E-state index in [2.05, 4.69) is 31.3 Å². The maximum Gasteiger partial charge on any atom is 0.305 e. The number of hydrogen-bond donors (Lipinski definition) is 3. The monoisotopic (exact) mass is 1140 g/mol. The lowest BCUT2D eigenvalue weighted by molar-refractivity contribution is -0.143. The number of hydrogen-bond acceptors (Lipinski definition) is 5. The van der Waals surface area contributed by atoms with Crippen LogP contribution in [0.5, 0.6) is 0 Å². The van der Waals surface area contributed by atoms with Crippen molar-refractivity contribution in [3.8, 4) is 0 Å². The summed E-state index contributed by atoms with van der Waals surface area (Å²) in [6, 6.07) is -0.623. The summed E-state index contributed by atoms with van der Waals surface area (Å²) in [7, 11) is 0. The predicted molar refractivity (Wildman–Crippen MR) is 356 cm³/mol. The topological polar surface area (TPSA) is 95.9 Å². The minimum Gasteiger partial charge on any atom is -0.466 e. The smallest absolute Gasteiger partial charge is 0.305 e. The van der Waals surface area contributed by atoms with E-state index in [0.717, 1.165) is 44.9 Å². The average Bonchev–Trinajstić information content (AvgIpc) is 3.47. The number of nitrogens with one attached hydrogen (secondary N) is 1. The van der Waals surface area contributed by atoms with Gasteiger partial charge in [0.15, 0.2) is 0 Å². The Hall–Kier alpha value is -1.66. The summed E-state index contributed by atoms with van der Waals surface area (Å²) in [6.07, 6.45) is 90.0. The summed E-state index contributed by atoms with van der Waals surface area (Å²) in [4.78, 5) is 24.6. The number of unbranched alkanes of at least 4 members (excludes halogenated alkanes) is 57. The number of rotatable bonds is 70. The molecule has 1 amide bonds. The molecule has 0 bridgehead atoms. The highest BCUT2D eigenvalue weighted by Crippen LogP contribution is 2.19. The number of ether oxygens (including phenoxy) is 1. The largest absolute Gasteiger partial charge is 0.466 e. The molecule has 0 fully saturated rings. The van der Waals surface area contributed by atoms with E-state index in [4.69, 9.17) is 4.74 Å². The van der Waals surface area contributed by atoms with Crippen molar-refractivity contribution >= 4 is 11.9 Å². The highest BCUT2D eigenvalue weighted by Gasteiger charge is 2.18. The van der Waals surface area contributed by atoms with Crippen LogP contribution in [0.1, 0.15) is 418 Å². The Morgan fingerprint density at radius 1 is 0.333 bits per heavy atom. The zero-order valence-electron chi connectivity index (χ0n) is 55.0. The Bertz CT molecular complexity index is 1270. The molecule has 0 spiro atoms. The van der Waals surface area contributed by atoms with Gasteiger partial charge in [-0.1, -0.05) is 372 Å². The van der Waals surface area contributed by atoms with Crippen molar-refractivity contribution in [1.82, 2.24) is 5.32 Å². The molecule has 81 heavy (non-hydrogen) atoms. The summed E-state index contributed by atoms with van der Waals surface area (Å²) in [5, 5.41) is 23.2. The molecule has 0 aliphatic rings. The highest BCUT2D eigenvalue weighted by molar-refractivity contribution is 5.76. The molecule has 0 aliphatic heterocycles. The lowest BCUT2D eigenvalue weighted by Gasteiger charge is -2.20. The fraction of sp³-hybridized carbons (Fsp3) is 0.920. The summed E-state index contributed by atoms with van der Waals surface area (Å²) >= 11 is 0. The van der Waals surface area contributed by atoms with E-state index in [1.165, 1.54) is 347 Å². The van der Waals surface area contributed by atoms with Gasteiger partial charge >= 0.3 is 5.97 Å². The number of esters is 1. The number of allylic oxidation sites excluding steroid dienone is 3. The Labute approximate surface area is 507 Å². The molecular weight excluding hydrogens is 995 g/mol. The van der Waals surface area contributed by atoms with Crippen LogP contribution in [0.15, 0.2) is 24.3 Å². The Balaban J connectivity index is 3.31. The van der Waals surface area contributed by atoms with Crippen molar-refractivity contribution in [2.24, 2.45) is 0 Å². The van der Waals surface area contributed by atoms with Gasteiger partial charge in [0.25, 0.3) is 0 Å². The molecule has 0 aromatic rings. The Morgan fingerprint density at radius 2 is 0.580 bits per heavy atom. The average molecular weight is 1140 g/mol. The normalized spacial score (nSPS) is 12.6. The second-order valence-corrected chi connectivity index (χ2v) is 25.6. The molecule has 3 N–H and O–H groups in total. The lowest BCUT2D eigenvalue weighted by atomic mass is 10.0. The predicted octanol–water partition coefficient (Wildman–Crippen LogP) is 24.1. The molecule has 6 nitrogen and oxygen atoms in total. The van der Waals surface area contributed by atoms with E-state index < -0.39 is 12.1 Å². The molecule has 0 saturated heterocycles. The van der Waals surface area contributed by atoms with E-state index in [-0.39, 0.29) is 18.5 Å². The van der Waals surface area contributed by atoms with E-state index in [9.17, 15) is 19.8 Å². The summed E-state index contributed by atoms with van der Waals surface area (Å²) in [6.45, 7) is 4.94. The van der Waals surface area contributed by atoms with E-state index in [1.54, 1.807) is 6.08 Å². The van der Waals surface area contributed by atoms with Crippen LogP contribution in [0.25, 0.3) is 0 Å². The minimum atomic E-state index is -0.840. The SMILES string of the molecule is CCCCCCCCC/C=C\CCCCCCCCCC(=O)OCCCCCCCCCCCCCCCCCCCCCCCCCCCCCCCCCCC(=O)NC(CO)C(O)/C=C/CCCCCCCCCCCCCC. The molecule has 0 aliphatic carbocycles. The maximum atomic E-state index is 12.5. The lowest BCUT2D eigenvalue weighted by Crippen LogP contribution is -2.45. The first-order valence-electron chi connectivity index (χ1n) is 37.1. The van der Waals surface area contributed by atoms with Gasteiger partial charge in [-0.15, -0.1) is 0 Å². The van der Waals surface area contributed by atoms with E-state index in [1.807, 2.05) is 6.08 Å². The zero-order valence-corrected chi connectivity index (χ0v) is 55.0. The van der Waals surface area contributed by atoms with Crippen LogP contribution in [0.4, 0.5) is 0 Å². The Kier molecular flexibility index (Phi) is 69.4. The third kappa shape index (κ3) is 67.3. The molecule has 0 heterocycles. The van der Waals surface area contributed by atoms with Crippen LogP contribution in [0.3, 0.4) is 0 Å². The van der Waals surface area contributed by atoms with Crippen molar-refractivity contribution in [3.63, 3.8) is 0 Å². The van der Waals surface area contributed by atoms with Crippen LogP contribution >= 0.6 is 0 Å². The number of carbonyl (C=O) groups excluding carboxylic acids is 2. The van der Waals surface area contributed by atoms with Crippen molar-refractivity contribution in [2.45, 2.75) is 431 Å². The van der Waals surface area contributed by atoms with Crippen LogP contribution in [0, 0.1) is 0 Å². The standard InChI is InChI=1S/C75H145NO5/c1-3-5-7-9-11-13-15-17-19-20-38-41-45-49-53-57-61-65-69-75(80)81-70-66-62-58-54-50-46-42-39-36-34-32-30-28-26-24-22-21-23-25-27-29-31-33-35-37-40-44-48-52-56-60-64-68-74(79)76-72(71-77)73(78)67-63-59-55-51-47-43-18-16-14-12-10-8-6-4-2/h19-20,63,67,72-73,77-78H,3-18,21-62,64-66,68-71H2,1-2H3,(H,76,79)/b20-19-,67-63+. The minimum absolute atomic E-state index is 0.0188. The van der Waals surface area contributed by atoms with Crippen molar-refractivity contribution in [3.05, 3.63) is 24.3 Å². The fourth-order valence-electron chi connectivity index (χ4n) is 11.8. The first-order chi connectivity index (χ1) is 40.0. The third-order valence-corrected chi connectivity index (χ3v) is 17.5. The number of aliphatic hydroxyl groups excluding tert-OH is 2. The molecular formula is C75H145NO5. The van der Waals surface area contributed by atoms with Crippen molar-refractivity contribution in [2.75, 3.05) is 13.2 Å². The molecule has 2 unspecified atom stereocenters. The van der Waals surface area contributed by atoms with Crippen LogP contribution in [0.2, 0.25) is 0 Å². The van der Waals surface area contributed by atoms with Gasteiger partial charge in [-0.3, -0.25) is 9.59 Å². The quantitative estimate of drug-likeness (QED) is 0.0320.